The largest absolute Gasteiger partial charge is 0.465 e. The van der Waals surface area contributed by atoms with Gasteiger partial charge in [-0.05, 0) is 74.0 Å². The smallest absolute Gasteiger partial charge is 0.408 e. The normalized spacial score (nSPS) is 12.3. The molecule has 1 heterocycles. The summed E-state index contributed by atoms with van der Waals surface area (Å²) in [7, 11) is 0. The van der Waals surface area contributed by atoms with Crippen LogP contribution in [0, 0.1) is 10.5 Å². The average molecular weight is 563 g/mol. The van der Waals surface area contributed by atoms with Crippen molar-refractivity contribution >= 4 is 51.5 Å². The Labute approximate surface area is 205 Å². The van der Waals surface area contributed by atoms with Crippen LogP contribution in [0.15, 0.2) is 52.9 Å². The second-order valence-electron chi connectivity index (χ2n) is 8.67. The van der Waals surface area contributed by atoms with E-state index in [1.807, 2.05) is 36.4 Å². The van der Waals surface area contributed by atoms with Gasteiger partial charge in [-0.3, -0.25) is 25.3 Å². The van der Waals surface area contributed by atoms with Crippen molar-refractivity contribution in [3.05, 3.63) is 69.0 Å². The lowest BCUT2D eigenvalue weighted by atomic mass is 9.98. The summed E-state index contributed by atoms with van der Waals surface area (Å²) in [6.45, 7) is 6.90. The minimum absolute atomic E-state index is 0.0802. The highest BCUT2D eigenvalue weighted by atomic mass is 127. The maximum Gasteiger partial charge on any atom is 0.408 e. The standard InChI is InChI=1S/C24H26IN3O5/c1-14-17-7-5-6-8-19(17)33-20(14)22(30)27-26-21(29)18(28(23(31)32)24(2,3)4)13-15-9-11-16(25)12-10-15/h5-12,18H,13H2,1-4H3,(H,26,29)(H,27,30)(H,31,32)/t18-/m0/s1. The minimum Gasteiger partial charge on any atom is -0.465 e. The van der Waals surface area contributed by atoms with Crippen LogP contribution in [0.1, 0.15) is 42.5 Å². The van der Waals surface area contributed by atoms with E-state index in [-0.39, 0.29) is 12.2 Å². The lowest BCUT2D eigenvalue weighted by Crippen LogP contribution is -2.59. The molecule has 0 radical (unpaired) electrons. The zero-order chi connectivity index (χ0) is 24.3. The molecule has 9 heteroatoms. The Morgan fingerprint density at radius 2 is 1.70 bits per heavy atom. The fourth-order valence-corrected chi connectivity index (χ4v) is 4.04. The zero-order valence-corrected chi connectivity index (χ0v) is 21.0. The Morgan fingerprint density at radius 1 is 1.06 bits per heavy atom. The highest BCUT2D eigenvalue weighted by Gasteiger charge is 2.38. The molecule has 0 aliphatic rings. The van der Waals surface area contributed by atoms with Crippen molar-refractivity contribution in [2.75, 3.05) is 0 Å². The lowest BCUT2D eigenvalue weighted by Gasteiger charge is -2.38. The number of nitrogens with one attached hydrogen (secondary N) is 2. The number of hydrogen-bond donors (Lipinski definition) is 3. The number of rotatable bonds is 5. The Balaban J connectivity index is 1.82. The Kier molecular flexibility index (Phi) is 7.31. The zero-order valence-electron chi connectivity index (χ0n) is 18.8. The molecule has 0 fully saturated rings. The van der Waals surface area contributed by atoms with Gasteiger partial charge in [0.05, 0.1) is 0 Å². The van der Waals surface area contributed by atoms with Gasteiger partial charge in [0.2, 0.25) is 0 Å². The van der Waals surface area contributed by atoms with Crippen LogP contribution in [0.25, 0.3) is 11.0 Å². The molecule has 0 unspecified atom stereocenters. The number of amides is 3. The molecule has 0 aliphatic carbocycles. The van der Waals surface area contributed by atoms with E-state index in [9.17, 15) is 19.5 Å². The summed E-state index contributed by atoms with van der Waals surface area (Å²) < 4.78 is 6.66. The molecule has 3 amide bonds. The third kappa shape index (κ3) is 5.65. The highest BCUT2D eigenvalue weighted by Crippen LogP contribution is 2.25. The van der Waals surface area contributed by atoms with Gasteiger partial charge in [-0.2, -0.15) is 0 Å². The van der Waals surface area contributed by atoms with Gasteiger partial charge in [-0.25, -0.2) is 4.79 Å². The van der Waals surface area contributed by atoms with Gasteiger partial charge in [-0.15, -0.1) is 0 Å². The minimum atomic E-state index is -1.23. The van der Waals surface area contributed by atoms with E-state index in [1.165, 1.54) is 0 Å². The number of para-hydroxylation sites is 1. The van der Waals surface area contributed by atoms with Crippen LogP contribution < -0.4 is 10.9 Å². The molecular formula is C24H26IN3O5. The summed E-state index contributed by atoms with van der Waals surface area (Å²) in [5.74, 6) is -1.19. The molecule has 8 nitrogen and oxygen atoms in total. The highest BCUT2D eigenvalue weighted by molar-refractivity contribution is 14.1. The van der Waals surface area contributed by atoms with Gasteiger partial charge in [0, 0.05) is 26.5 Å². The number of furan rings is 1. The van der Waals surface area contributed by atoms with Gasteiger partial charge in [0.15, 0.2) is 5.76 Å². The third-order valence-corrected chi connectivity index (χ3v) is 5.95. The molecule has 0 bridgehead atoms. The van der Waals surface area contributed by atoms with Gasteiger partial charge < -0.3 is 9.52 Å². The fraction of sp³-hybridized carbons (Fsp3) is 0.292. The maximum absolute atomic E-state index is 13.1. The molecule has 1 aromatic heterocycles. The van der Waals surface area contributed by atoms with Crippen molar-refractivity contribution < 1.29 is 23.9 Å². The van der Waals surface area contributed by atoms with E-state index in [4.69, 9.17) is 4.42 Å². The van der Waals surface area contributed by atoms with Crippen LogP contribution in [-0.2, 0) is 11.2 Å². The third-order valence-electron chi connectivity index (χ3n) is 5.23. The van der Waals surface area contributed by atoms with Crippen molar-refractivity contribution in [3.8, 4) is 0 Å². The lowest BCUT2D eigenvalue weighted by molar-refractivity contribution is -0.128. The molecule has 0 spiro atoms. The summed E-state index contributed by atoms with van der Waals surface area (Å²) in [6.07, 6.45) is -1.08. The van der Waals surface area contributed by atoms with Crippen LogP contribution >= 0.6 is 22.6 Å². The predicted octanol–water partition coefficient (Wildman–Crippen LogP) is 4.50. The average Bonchev–Trinajstić information content (AvgIpc) is 3.08. The number of hydrogen-bond acceptors (Lipinski definition) is 4. The van der Waals surface area contributed by atoms with E-state index in [1.54, 1.807) is 39.8 Å². The summed E-state index contributed by atoms with van der Waals surface area (Å²) in [4.78, 5) is 39.0. The molecular weight excluding hydrogens is 537 g/mol. The number of aryl methyl sites for hydroxylation is 1. The van der Waals surface area contributed by atoms with Crippen LogP contribution in [0.5, 0.6) is 0 Å². The Bertz CT molecular complexity index is 1180. The first-order valence-electron chi connectivity index (χ1n) is 10.3. The Hall–Kier alpha value is -3.08. The van der Waals surface area contributed by atoms with Crippen molar-refractivity contribution in [1.29, 1.82) is 0 Å². The number of benzene rings is 2. The van der Waals surface area contributed by atoms with E-state index in [2.05, 4.69) is 33.4 Å². The molecule has 174 valence electrons. The number of fused-ring (bicyclic) bond motifs is 1. The molecule has 0 saturated heterocycles. The van der Waals surface area contributed by atoms with Crippen molar-refractivity contribution in [2.45, 2.75) is 45.7 Å². The summed E-state index contributed by atoms with van der Waals surface area (Å²) in [5.41, 5.74) is 5.91. The van der Waals surface area contributed by atoms with Crippen molar-refractivity contribution in [1.82, 2.24) is 15.8 Å². The number of hydrazine groups is 1. The van der Waals surface area contributed by atoms with Gasteiger partial charge in [-0.1, -0.05) is 30.3 Å². The molecule has 0 aliphatic heterocycles. The molecule has 3 aromatic rings. The topological polar surface area (TPSA) is 112 Å². The van der Waals surface area contributed by atoms with Gasteiger partial charge in [0.25, 0.3) is 5.91 Å². The summed E-state index contributed by atoms with van der Waals surface area (Å²) >= 11 is 2.17. The fourth-order valence-electron chi connectivity index (χ4n) is 3.68. The molecule has 2 aromatic carbocycles. The van der Waals surface area contributed by atoms with Crippen LogP contribution in [0.4, 0.5) is 4.79 Å². The van der Waals surface area contributed by atoms with Crippen LogP contribution in [-0.4, -0.2) is 39.5 Å². The second-order valence-corrected chi connectivity index (χ2v) is 9.91. The molecule has 1 atom stereocenters. The first-order chi connectivity index (χ1) is 15.5. The quantitative estimate of drug-likeness (QED) is 0.313. The molecule has 0 saturated carbocycles. The van der Waals surface area contributed by atoms with E-state index < -0.39 is 29.5 Å². The van der Waals surface area contributed by atoms with Gasteiger partial charge >= 0.3 is 12.0 Å². The monoisotopic (exact) mass is 563 g/mol. The number of carboxylic acid groups (broad SMARTS) is 1. The predicted molar refractivity (Wildman–Crippen MR) is 133 cm³/mol. The molecule has 33 heavy (non-hydrogen) atoms. The van der Waals surface area contributed by atoms with Crippen LogP contribution in [0.3, 0.4) is 0 Å². The number of halogens is 1. The first-order valence-corrected chi connectivity index (χ1v) is 11.4. The van der Waals surface area contributed by atoms with Crippen molar-refractivity contribution in [2.24, 2.45) is 0 Å². The first kappa shape index (κ1) is 24.6. The SMILES string of the molecule is Cc1c(C(=O)NNC(=O)[C@H](Cc2ccc(I)cc2)N(C(=O)O)C(C)(C)C)oc2ccccc12. The summed E-state index contributed by atoms with van der Waals surface area (Å²) in [6, 6.07) is 13.6. The van der Waals surface area contributed by atoms with E-state index in [0.717, 1.165) is 19.4 Å². The molecule has 3 N–H and O–H groups in total. The molecule has 3 rings (SSSR count). The Morgan fingerprint density at radius 3 is 2.27 bits per heavy atom. The van der Waals surface area contributed by atoms with E-state index in [0.29, 0.717) is 11.1 Å². The van der Waals surface area contributed by atoms with Crippen LogP contribution in [0.2, 0.25) is 0 Å². The summed E-state index contributed by atoms with van der Waals surface area (Å²) in [5, 5.41) is 10.7. The number of carbonyl (C=O) groups excluding carboxylic acids is 2. The van der Waals surface area contributed by atoms with Crippen molar-refractivity contribution in [3.63, 3.8) is 0 Å². The number of nitrogens with zero attached hydrogens (tertiary/aromatic N) is 1. The van der Waals surface area contributed by atoms with Gasteiger partial charge in [0.1, 0.15) is 11.6 Å². The number of carbonyl (C=O) groups is 3. The van der Waals surface area contributed by atoms with E-state index >= 15 is 0 Å². The maximum atomic E-state index is 13.1. The second kappa shape index (κ2) is 9.82.